The lowest BCUT2D eigenvalue weighted by Crippen LogP contribution is -2.33. The molecule has 17 heavy (non-hydrogen) atoms. The van der Waals surface area contributed by atoms with Crippen molar-refractivity contribution in [2.24, 2.45) is 17.8 Å². The first kappa shape index (κ1) is 12.3. The molecule has 0 bridgehead atoms. The first-order chi connectivity index (χ1) is 8.00. The van der Waals surface area contributed by atoms with Crippen molar-refractivity contribution >= 4 is 17.6 Å². The molecule has 0 aromatic carbocycles. The number of imide groups is 1. The summed E-state index contributed by atoms with van der Waals surface area (Å²) < 4.78 is 0. The molecule has 1 aliphatic heterocycles. The fraction of sp³-hybridized carbons (Fsp3) is 0.769. The summed E-state index contributed by atoms with van der Waals surface area (Å²) in [6.07, 6.45) is 2.74. The van der Waals surface area contributed by atoms with Gasteiger partial charge in [-0.3, -0.25) is 14.5 Å². The Morgan fingerprint density at radius 2 is 1.76 bits per heavy atom. The number of hydrogen-bond donors (Lipinski definition) is 0. The highest BCUT2D eigenvalue weighted by Crippen LogP contribution is 2.42. The number of carbonyl (C=O) groups is 3. The van der Waals surface area contributed by atoms with Crippen LogP contribution in [0.1, 0.15) is 39.5 Å². The van der Waals surface area contributed by atoms with E-state index in [4.69, 9.17) is 0 Å². The fourth-order valence-electron chi connectivity index (χ4n) is 3.05. The number of carbonyl (C=O) groups excluding carboxylic acids is 3. The van der Waals surface area contributed by atoms with Gasteiger partial charge in [0.25, 0.3) is 0 Å². The van der Waals surface area contributed by atoms with Gasteiger partial charge in [-0.05, 0) is 32.1 Å². The number of Topliss-reactive ketones (excluding diaryl/α,β-unsaturated/α-hetero) is 1. The van der Waals surface area contributed by atoms with Crippen LogP contribution in [-0.4, -0.2) is 29.0 Å². The summed E-state index contributed by atoms with van der Waals surface area (Å²) in [5.74, 6) is 0.431. The van der Waals surface area contributed by atoms with Crippen molar-refractivity contribution in [1.82, 2.24) is 4.90 Å². The second-order valence-electron chi connectivity index (χ2n) is 5.42. The average molecular weight is 237 g/mol. The van der Waals surface area contributed by atoms with Gasteiger partial charge < -0.3 is 4.79 Å². The van der Waals surface area contributed by atoms with Gasteiger partial charge >= 0.3 is 0 Å². The SMILES string of the molecule is CC(=O)CCCN1C(=O)C2CC(C)CC2C1=O. The van der Waals surface area contributed by atoms with Crippen molar-refractivity contribution in [3.63, 3.8) is 0 Å². The molecule has 1 aliphatic carbocycles. The highest BCUT2D eigenvalue weighted by atomic mass is 16.2. The molecule has 94 valence electrons. The molecular formula is C13H19NO3. The van der Waals surface area contributed by atoms with E-state index in [1.54, 1.807) is 0 Å². The molecule has 0 radical (unpaired) electrons. The van der Waals surface area contributed by atoms with Gasteiger partial charge in [0.2, 0.25) is 11.8 Å². The van der Waals surface area contributed by atoms with Crippen LogP contribution in [0.2, 0.25) is 0 Å². The molecule has 4 heteroatoms. The van der Waals surface area contributed by atoms with Gasteiger partial charge in [0.15, 0.2) is 0 Å². The molecule has 4 nitrogen and oxygen atoms in total. The molecule has 1 saturated heterocycles. The zero-order valence-electron chi connectivity index (χ0n) is 10.4. The number of ketones is 1. The maximum absolute atomic E-state index is 12.0. The summed E-state index contributed by atoms with van der Waals surface area (Å²) in [6, 6.07) is 0. The second-order valence-corrected chi connectivity index (χ2v) is 5.42. The maximum Gasteiger partial charge on any atom is 0.233 e. The first-order valence-electron chi connectivity index (χ1n) is 6.35. The zero-order chi connectivity index (χ0) is 12.6. The van der Waals surface area contributed by atoms with Crippen molar-refractivity contribution in [3.05, 3.63) is 0 Å². The Labute approximate surface area is 101 Å². The lowest BCUT2D eigenvalue weighted by Gasteiger charge is -2.16. The van der Waals surface area contributed by atoms with Crippen LogP contribution >= 0.6 is 0 Å². The van der Waals surface area contributed by atoms with Crippen LogP contribution in [0, 0.1) is 17.8 Å². The Morgan fingerprint density at radius 3 is 2.24 bits per heavy atom. The normalized spacial score (nSPS) is 32.1. The molecule has 1 heterocycles. The molecule has 2 amide bonds. The molecular weight excluding hydrogens is 218 g/mol. The predicted octanol–water partition coefficient (Wildman–Crippen LogP) is 1.39. The highest BCUT2D eigenvalue weighted by Gasteiger charge is 2.51. The summed E-state index contributed by atoms with van der Waals surface area (Å²) in [5, 5.41) is 0. The summed E-state index contributed by atoms with van der Waals surface area (Å²) in [6.45, 7) is 4.04. The van der Waals surface area contributed by atoms with Crippen LogP contribution in [0.3, 0.4) is 0 Å². The zero-order valence-corrected chi connectivity index (χ0v) is 10.4. The van der Waals surface area contributed by atoms with Gasteiger partial charge in [0.1, 0.15) is 5.78 Å². The van der Waals surface area contributed by atoms with E-state index < -0.39 is 0 Å². The lowest BCUT2D eigenvalue weighted by atomic mass is 10.00. The van der Waals surface area contributed by atoms with E-state index >= 15 is 0 Å². The number of rotatable bonds is 4. The first-order valence-corrected chi connectivity index (χ1v) is 6.35. The number of nitrogens with zero attached hydrogens (tertiary/aromatic N) is 1. The van der Waals surface area contributed by atoms with E-state index in [1.807, 2.05) is 0 Å². The van der Waals surface area contributed by atoms with Crippen molar-refractivity contribution < 1.29 is 14.4 Å². The Morgan fingerprint density at radius 1 is 1.24 bits per heavy atom. The van der Waals surface area contributed by atoms with E-state index in [1.165, 1.54) is 11.8 Å². The Balaban J connectivity index is 1.95. The minimum atomic E-state index is -0.0742. The standard InChI is InChI=1S/C13H19NO3/c1-8-6-10-11(7-8)13(17)14(12(10)16)5-3-4-9(2)15/h8,10-11H,3-7H2,1-2H3. The fourth-order valence-corrected chi connectivity index (χ4v) is 3.05. The molecule has 2 aliphatic rings. The Kier molecular flexibility index (Phi) is 3.31. The molecule has 1 saturated carbocycles. The number of fused-ring (bicyclic) bond motifs is 1. The molecule has 0 aromatic rings. The van der Waals surface area contributed by atoms with Gasteiger partial charge in [0, 0.05) is 13.0 Å². The largest absolute Gasteiger partial charge is 0.300 e. The predicted molar refractivity (Wildman–Crippen MR) is 62.0 cm³/mol. The monoisotopic (exact) mass is 237 g/mol. The van der Waals surface area contributed by atoms with Gasteiger partial charge in [-0.1, -0.05) is 6.92 Å². The van der Waals surface area contributed by atoms with E-state index in [0.29, 0.717) is 25.3 Å². The van der Waals surface area contributed by atoms with Crippen molar-refractivity contribution in [1.29, 1.82) is 0 Å². The molecule has 0 aromatic heterocycles. The molecule has 2 fully saturated rings. The maximum atomic E-state index is 12.0. The third kappa shape index (κ3) is 2.26. The summed E-state index contributed by atoms with van der Waals surface area (Å²) in [5.41, 5.74) is 0. The summed E-state index contributed by atoms with van der Waals surface area (Å²) >= 11 is 0. The Hall–Kier alpha value is -1.19. The number of likely N-dealkylation sites (tertiary alicyclic amines) is 1. The van der Waals surface area contributed by atoms with Crippen molar-refractivity contribution in [2.45, 2.75) is 39.5 Å². The lowest BCUT2D eigenvalue weighted by molar-refractivity contribution is -0.140. The molecule has 0 N–H and O–H groups in total. The Bertz CT molecular complexity index is 340. The van der Waals surface area contributed by atoms with Crippen LogP contribution in [0.4, 0.5) is 0 Å². The van der Waals surface area contributed by atoms with Crippen LogP contribution < -0.4 is 0 Å². The molecule has 2 unspecified atom stereocenters. The van der Waals surface area contributed by atoms with Crippen molar-refractivity contribution in [2.75, 3.05) is 6.54 Å². The number of hydrogen-bond acceptors (Lipinski definition) is 3. The van der Waals surface area contributed by atoms with Gasteiger partial charge in [-0.15, -0.1) is 0 Å². The van der Waals surface area contributed by atoms with Crippen LogP contribution in [0.5, 0.6) is 0 Å². The van der Waals surface area contributed by atoms with Gasteiger partial charge in [0.05, 0.1) is 11.8 Å². The average Bonchev–Trinajstić information content (AvgIpc) is 2.72. The van der Waals surface area contributed by atoms with E-state index in [-0.39, 0.29) is 29.4 Å². The minimum Gasteiger partial charge on any atom is -0.300 e. The van der Waals surface area contributed by atoms with Crippen molar-refractivity contribution in [3.8, 4) is 0 Å². The topological polar surface area (TPSA) is 54.5 Å². The van der Waals surface area contributed by atoms with Crippen LogP contribution in [-0.2, 0) is 14.4 Å². The van der Waals surface area contributed by atoms with E-state index in [0.717, 1.165) is 12.8 Å². The third-order valence-electron chi connectivity index (χ3n) is 3.88. The summed E-state index contributed by atoms with van der Waals surface area (Å²) in [4.78, 5) is 36.3. The number of amides is 2. The quantitative estimate of drug-likeness (QED) is 0.694. The van der Waals surface area contributed by atoms with Crippen LogP contribution in [0.25, 0.3) is 0 Å². The third-order valence-corrected chi connectivity index (χ3v) is 3.88. The molecule has 2 atom stereocenters. The second kappa shape index (κ2) is 4.59. The molecule has 0 spiro atoms. The minimum absolute atomic E-state index is 0.00657. The van der Waals surface area contributed by atoms with E-state index in [2.05, 4.69) is 6.92 Å². The van der Waals surface area contributed by atoms with Gasteiger partial charge in [-0.2, -0.15) is 0 Å². The van der Waals surface area contributed by atoms with Crippen LogP contribution in [0.15, 0.2) is 0 Å². The van der Waals surface area contributed by atoms with E-state index in [9.17, 15) is 14.4 Å². The van der Waals surface area contributed by atoms with Gasteiger partial charge in [-0.25, -0.2) is 0 Å². The smallest absolute Gasteiger partial charge is 0.233 e. The summed E-state index contributed by atoms with van der Waals surface area (Å²) in [7, 11) is 0. The highest BCUT2D eigenvalue weighted by molar-refractivity contribution is 6.05. The molecule has 2 rings (SSSR count).